The molecule has 1 amide bonds. The summed E-state index contributed by atoms with van der Waals surface area (Å²) in [6.45, 7) is 1.89. The summed E-state index contributed by atoms with van der Waals surface area (Å²) in [6.07, 6.45) is 1.39. The maximum absolute atomic E-state index is 12.3. The van der Waals surface area contributed by atoms with E-state index < -0.39 is 0 Å². The van der Waals surface area contributed by atoms with Crippen molar-refractivity contribution < 1.29 is 9.53 Å². The van der Waals surface area contributed by atoms with Gasteiger partial charge in [-0.2, -0.15) is 0 Å². The molecule has 0 saturated heterocycles. The van der Waals surface area contributed by atoms with E-state index in [-0.39, 0.29) is 18.0 Å². The summed E-state index contributed by atoms with van der Waals surface area (Å²) < 4.78 is 6.35. The minimum absolute atomic E-state index is 0.105. The van der Waals surface area contributed by atoms with Gasteiger partial charge in [0.15, 0.2) is 0 Å². The fraction of sp³-hybridized carbons (Fsp3) is 0.150. The summed E-state index contributed by atoms with van der Waals surface area (Å²) in [5.74, 6) is 0.400. The monoisotopic (exact) mass is 349 g/mol. The zero-order valence-electron chi connectivity index (χ0n) is 14.6. The molecule has 132 valence electrons. The van der Waals surface area contributed by atoms with E-state index in [2.05, 4.69) is 10.3 Å². The van der Waals surface area contributed by atoms with Crippen LogP contribution in [0.25, 0.3) is 11.3 Å². The van der Waals surface area contributed by atoms with Crippen LogP contribution in [0.3, 0.4) is 0 Å². The third-order valence-electron chi connectivity index (χ3n) is 3.91. The first-order valence-corrected chi connectivity index (χ1v) is 8.12. The van der Waals surface area contributed by atoms with E-state index in [4.69, 9.17) is 4.74 Å². The molecule has 0 radical (unpaired) electrons. The highest BCUT2D eigenvalue weighted by molar-refractivity contribution is 5.90. The highest BCUT2D eigenvalue weighted by Gasteiger charge is 2.08. The first-order valence-electron chi connectivity index (χ1n) is 8.12. The molecule has 3 rings (SSSR count). The average Bonchev–Trinajstić information content (AvgIpc) is 2.64. The van der Waals surface area contributed by atoms with Crippen LogP contribution in [0.1, 0.15) is 5.56 Å². The summed E-state index contributed by atoms with van der Waals surface area (Å²) in [4.78, 5) is 28.7. The van der Waals surface area contributed by atoms with Gasteiger partial charge < -0.3 is 10.1 Å². The minimum atomic E-state index is -0.304. The topological polar surface area (TPSA) is 73.2 Å². The number of aryl methyl sites for hydroxylation is 1. The summed E-state index contributed by atoms with van der Waals surface area (Å²) in [5.41, 5.74) is 2.94. The lowest BCUT2D eigenvalue weighted by Gasteiger charge is -2.08. The molecular formula is C20H19N3O3. The van der Waals surface area contributed by atoms with Gasteiger partial charge in [0, 0.05) is 17.3 Å². The number of hydrogen-bond acceptors (Lipinski definition) is 4. The zero-order chi connectivity index (χ0) is 18.5. The molecule has 0 aliphatic heterocycles. The Balaban J connectivity index is 1.70. The van der Waals surface area contributed by atoms with Gasteiger partial charge in [0.05, 0.1) is 19.1 Å². The van der Waals surface area contributed by atoms with Crippen LogP contribution in [0.2, 0.25) is 0 Å². The molecule has 0 aliphatic rings. The van der Waals surface area contributed by atoms with Crippen LogP contribution in [0.4, 0.5) is 5.69 Å². The molecule has 6 nitrogen and oxygen atoms in total. The molecule has 3 aromatic rings. The van der Waals surface area contributed by atoms with E-state index in [0.29, 0.717) is 17.1 Å². The van der Waals surface area contributed by atoms with Crippen molar-refractivity contribution >= 4 is 11.6 Å². The molecule has 0 saturated carbocycles. The molecular weight excluding hydrogens is 330 g/mol. The Kier molecular flexibility index (Phi) is 5.12. The Morgan fingerprint density at radius 1 is 1.12 bits per heavy atom. The van der Waals surface area contributed by atoms with Gasteiger partial charge >= 0.3 is 0 Å². The van der Waals surface area contributed by atoms with Gasteiger partial charge in [-0.3, -0.25) is 14.2 Å². The van der Waals surface area contributed by atoms with Crippen molar-refractivity contribution in [2.24, 2.45) is 0 Å². The van der Waals surface area contributed by atoms with Crippen molar-refractivity contribution in [3.8, 4) is 17.0 Å². The smallest absolute Gasteiger partial charge is 0.254 e. The molecule has 26 heavy (non-hydrogen) atoms. The van der Waals surface area contributed by atoms with Gasteiger partial charge in [-0.25, -0.2) is 4.98 Å². The molecule has 0 spiro atoms. The second-order valence-electron chi connectivity index (χ2n) is 5.88. The second-order valence-corrected chi connectivity index (χ2v) is 5.88. The first kappa shape index (κ1) is 17.4. The number of anilines is 1. The lowest BCUT2D eigenvalue weighted by atomic mass is 10.1. The van der Waals surface area contributed by atoms with Crippen LogP contribution >= 0.6 is 0 Å². The Labute approximate surface area is 151 Å². The van der Waals surface area contributed by atoms with Crippen LogP contribution in [0, 0.1) is 6.92 Å². The highest BCUT2D eigenvalue weighted by atomic mass is 16.5. The zero-order valence-corrected chi connectivity index (χ0v) is 14.6. The van der Waals surface area contributed by atoms with E-state index in [1.807, 2.05) is 31.2 Å². The predicted octanol–water partition coefficient (Wildman–Crippen LogP) is 2.87. The Hall–Kier alpha value is -3.41. The van der Waals surface area contributed by atoms with Crippen LogP contribution in [0.5, 0.6) is 5.75 Å². The lowest BCUT2D eigenvalue weighted by molar-refractivity contribution is -0.116. The molecule has 0 aliphatic carbocycles. The number of nitrogens with one attached hydrogen (secondary N) is 1. The number of ether oxygens (including phenoxy) is 1. The van der Waals surface area contributed by atoms with Crippen LogP contribution in [0.15, 0.2) is 65.7 Å². The standard InChI is InChI=1S/C20H19N3O3/c1-14-3-5-15(6-4-14)18-11-20(25)23(13-21-18)12-19(24)22-16-7-9-17(26-2)10-8-16/h3-11,13H,12H2,1-2H3,(H,22,24). The SMILES string of the molecule is COc1ccc(NC(=O)Cn2cnc(-c3ccc(C)cc3)cc2=O)cc1. The number of hydrogen-bond donors (Lipinski definition) is 1. The van der Waals surface area contributed by atoms with Gasteiger partial charge in [0.1, 0.15) is 12.3 Å². The number of carbonyl (C=O) groups excluding carboxylic acids is 1. The molecule has 0 fully saturated rings. The van der Waals surface area contributed by atoms with Crippen LogP contribution < -0.4 is 15.6 Å². The van der Waals surface area contributed by atoms with Gasteiger partial charge in [0.2, 0.25) is 5.91 Å². The normalized spacial score (nSPS) is 10.4. The van der Waals surface area contributed by atoms with Crippen molar-refractivity contribution in [2.75, 3.05) is 12.4 Å². The second kappa shape index (κ2) is 7.65. The lowest BCUT2D eigenvalue weighted by Crippen LogP contribution is -2.27. The quantitative estimate of drug-likeness (QED) is 0.769. The largest absolute Gasteiger partial charge is 0.497 e. The van der Waals surface area contributed by atoms with E-state index in [1.54, 1.807) is 31.4 Å². The van der Waals surface area contributed by atoms with Gasteiger partial charge in [-0.15, -0.1) is 0 Å². The number of nitrogens with zero attached hydrogens (tertiary/aromatic N) is 2. The third kappa shape index (κ3) is 4.16. The van der Waals surface area contributed by atoms with E-state index in [9.17, 15) is 9.59 Å². The fourth-order valence-corrected chi connectivity index (χ4v) is 2.46. The molecule has 1 N–H and O–H groups in total. The number of aromatic nitrogens is 2. The summed E-state index contributed by atoms with van der Waals surface area (Å²) in [6, 6.07) is 16.2. The maximum Gasteiger partial charge on any atom is 0.254 e. The Morgan fingerprint density at radius 3 is 2.42 bits per heavy atom. The number of carbonyl (C=O) groups is 1. The predicted molar refractivity (Wildman–Crippen MR) is 100 cm³/mol. The maximum atomic E-state index is 12.3. The van der Waals surface area contributed by atoms with Gasteiger partial charge in [0.25, 0.3) is 5.56 Å². The van der Waals surface area contributed by atoms with Crippen molar-refractivity contribution in [1.82, 2.24) is 9.55 Å². The fourth-order valence-electron chi connectivity index (χ4n) is 2.46. The number of methoxy groups -OCH3 is 1. The molecule has 2 aromatic carbocycles. The Morgan fingerprint density at radius 2 is 1.81 bits per heavy atom. The number of benzene rings is 2. The first-order chi connectivity index (χ1) is 12.5. The minimum Gasteiger partial charge on any atom is -0.497 e. The van der Waals surface area contributed by atoms with Crippen molar-refractivity contribution in [1.29, 1.82) is 0 Å². The molecule has 0 atom stereocenters. The van der Waals surface area contributed by atoms with Crippen LogP contribution in [-0.2, 0) is 11.3 Å². The number of amides is 1. The Bertz CT molecular complexity index is 961. The molecule has 0 bridgehead atoms. The van der Waals surface area contributed by atoms with Crippen molar-refractivity contribution in [2.45, 2.75) is 13.5 Å². The van der Waals surface area contributed by atoms with Gasteiger partial charge in [-0.1, -0.05) is 29.8 Å². The molecule has 1 aromatic heterocycles. The van der Waals surface area contributed by atoms with E-state index in [0.717, 1.165) is 11.1 Å². The van der Waals surface area contributed by atoms with Crippen molar-refractivity contribution in [3.63, 3.8) is 0 Å². The highest BCUT2D eigenvalue weighted by Crippen LogP contribution is 2.16. The van der Waals surface area contributed by atoms with Gasteiger partial charge in [-0.05, 0) is 31.2 Å². The summed E-state index contributed by atoms with van der Waals surface area (Å²) in [5, 5.41) is 2.74. The summed E-state index contributed by atoms with van der Waals surface area (Å²) in [7, 11) is 1.58. The average molecular weight is 349 g/mol. The third-order valence-corrected chi connectivity index (χ3v) is 3.91. The van der Waals surface area contributed by atoms with Crippen LogP contribution in [-0.4, -0.2) is 22.6 Å². The van der Waals surface area contributed by atoms with Crippen molar-refractivity contribution in [3.05, 3.63) is 76.8 Å². The molecule has 1 heterocycles. The van der Waals surface area contributed by atoms with E-state index in [1.165, 1.54) is 17.0 Å². The molecule has 0 unspecified atom stereocenters. The van der Waals surface area contributed by atoms with E-state index >= 15 is 0 Å². The molecule has 6 heteroatoms. The summed E-state index contributed by atoms with van der Waals surface area (Å²) >= 11 is 0. The number of rotatable bonds is 5.